The second-order valence-corrected chi connectivity index (χ2v) is 5.40. The molecule has 6 nitrogen and oxygen atoms in total. The number of nitrogens with zero attached hydrogens (tertiary/aromatic N) is 1. The van der Waals surface area contributed by atoms with Gasteiger partial charge in [-0.2, -0.15) is 0 Å². The van der Waals surface area contributed by atoms with Gasteiger partial charge >= 0.3 is 12.0 Å². The molecule has 114 valence electrons. The first kappa shape index (κ1) is 17.4. The van der Waals surface area contributed by atoms with Crippen LogP contribution in [0.1, 0.15) is 10.4 Å². The Kier molecular flexibility index (Phi) is 7.17. The average Bonchev–Trinajstić information content (AvgIpc) is 2.45. The number of benzene rings is 1. The third-order valence-corrected chi connectivity index (χ3v) is 3.33. The first-order valence-electron chi connectivity index (χ1n) is 6.18. The van der Waals surface area contributed by atoms with E-state index in [0.29, 0.717) is 19.7 Å². The summed E-state index contributed by atoms with van der Waals surface area (Å²) in [5.41, 5.74) is 0.319. The van der Waals surface area contributed by atoms with E-state index in [1.54, 1.807) is 25.3 Å². The van der Waals surface area contributed by atoms with Gasteiger partial charge in [-0.1, -0.05) is 6.08 Å². The van der Waals surface area contributed by atoms with Crippen LogP contribution in [0.4, 0.5) is 10.5 Å². The Hall–Kier alpha value is -1.61. The highest BCUT2D eigenvalue weighted by atomic mass is 127. The number of urea groups is 1. The highest BCUT2D eigenvalue weighted by Crippen LogP contribution is 2.19. The Bertz CT molecular complexity index is 534. The van der Waals surface area contributed by atoms with E-state index in [9.17, 15) is 14.7 Å². The molecule has 0 heterocycles. The van der Waals surface area contributed by atoms with Crippen molar-refractivity contribution >= 4 is 40.3 Å². The topological polar surface area (TPSA) is 78.9 Å². The molecule has 0 spiro atoms. The van der Waals surface area contributed by atoms with Gasteiger partial charge in [-0.05, 0) is 40.8 Å². The number of hydrogen-bond donors (Lipinski definition) is 2. The predicted octanol–water partition coefficient (Wildman–Crippen LogP) is 2.66. The fourth-order valence-electron chi connectivity index (χ4n) is 1.63. The third-order valence-electron chi connectivity index (χ3n) is 2.66. The maximum absolute atomic E-state index is 12.2. The van der Waals surface area contributed by atoms with Gasteiger partial charge < -0.3 is 20.1 Å². The molecule has 0 aliphatic rings. The van der Waals surface area contributed by atoms with Crippen LogP contribution in [0.25, 0.3) is 0 Å². The van der Waals surface area contributed by atoms with Gasteiger partial charge in [0.2, 0.25) is 0 Å². The number of methoxy groups -OCH3 is 1. The summed E-state index contributed by atoms with van der Waals surface area (Å²) in [6, 6.07) is 4.42. The lowest BCUT2D eigenvalue weighted by Gasteiger charge is -2.21. The Balaban J connectivity index is 2.90. The summed E-state index contributed by atoms with van der Waals surface area (Å²) < 4.78 is 5.73. The van der Waals surface area contributed by atoms with E-state index in [1.807, 2.05) is 22.6 Å². The molecule has 2 N–H and O–H groups in total. The predicted molar refractivity (Wildman–Crippen MR) is 88.8 cm³/mol. The van der Waals surface area contributed by atoms with E-state index >= 15 is 0 Å². The number of aromatic carboxylic acids is 1. The van der Waals surface area contributed by atoms with E-state index in [0.717, 1.165) is 3.57 Å². The number of carboxylic acid groups (broad SMARTS) is 1. The zero-order chi connectivity index (χ0) is 15.8. The molecule has 0 radical (unpaired) electrons. The number of ether oxygens (including phenoxy) is 1. The van der Waals surface area contributed by atoms with E-state index in [2.05, 4.69) is 11.9 Å². The van der Waals surface area contributed by atoms with Crippen LogP contribution >= 0.6 is 22.6 Å². The lowest BCUT2D eigenvalue weighted by molar-refractivity contribution is 0.0698. The standard InChI is InChI=1S/C14H17IN2O4/c1-3-6-17(7-8-21-2)14(20)16-12-5-4-10(15)9-11(12)13(18)19/h3-5,9H,1,6-8H2,2H3,(H,16,20)(H,18,19). The molecule has 1 rings (SSSR count). The van der Waals surface area contributed by atoms with Gasteiger partial charge in [0.05, 0.1) is 17.9 Å². The van der Waals surface area contributed by atoms with Crippen molar-refractivity contribution in [3.05, 3.63) is 40.0 Å². The number of nitrogens with one attached hydrogen (secondary N) is 1. The first-order chi connectivity index (χ1) is 9.99. The molecule has 0 saturated carbocycles. The molecule has 0 unspecified atom stereocenters. The largest absolute Gasteiger partial charge is 0.478 e. The zero-order valence-electron chi connectivity index (χ0n) is 11.6. The molecular formula is C14H17IN2O4. The van der Waals surface area contributed by atoms with Gasteiger partial charge in [0, 0.05) is 23.8 Å². The van der Waals surface area contributed by atoms with Crippen molar-refractivity contribution in [1.82, 2.24) is 4.90 Å². The lowest BCUT2D eigenvalue weighted by Crippen LogP contribution is -2.37. The second-order valence-electron chi connectivity index (χ2n) is 4.15. The molecule has 0 aromatic heterocycles. The smallest absolute Gasteiger partial charge is 0.337 e. The van der Waals surface area contributed by atoms with E-state index in [1.165, 1.54) is 11.0 Å². The first-order valence-corrected chi connectivity index (χ1v) is 7.26. The SMILES string of the molecule is C=CCN(CCOC)C(=O)Nc1ccc(I)cc1C(=O)O. The normalized spacial score (nSPS) is 10.0. The van der Waals surface area contributed by atoms with Crippen molar-refractivity contribution in [2.24, 2.45) is 0 Å². The van der Waals surface area contributed by atoms with E-state index in [-0.39, 0.29) is 11.3 Å². The highest BCUT2D eigenvalue weighted by molar-refractivity contribution is 14.1. The molecule has 0 bridgehead atoms. The number of carboxylic acids is 1. The molecule has 21 heavy (non-hydrogen) atoms. The Morgan fingerprint density at radius 2 is 2.24 bits per heavy atom. The summed E-state index contributed by atoms with van der Waals surface area (Å²) in [4.78, 5) is 24.9. The van der Waals surface area contributed by atoms with Gasteiger partial charge in [0.1, 0.15) is 0 Å². The van der Waals surface area contributed by atoms with Gasteiger partial charge in [-0.3, -0.25) is 0 Å². The summed E-state index contributed by atoms with van der Waals surface area (Å²) in [6.45, 7) is 4.73. The van der Waals surface area contributed by atoms with Crippen molar-refractivity contribution in [2.45, 2.75) is 0 Å². The Morgan fingerprint density at radius 1 is 1.52 bits per heavy atom. The van der Waals surface area contributed by atoms with Gasteiger partial charge in [0.25, 0.3) is 0 Å². The van der Waals surface area contributed by atoms with Crippen molar-refractivity contribution < 1.29 is 19.4 Å². The number of amides is 2. The Labute approximate surface area is 136 Å². The fraction of sp³-hybridized carbons (Fsp3) is 0.286. The number of carbonyl (C=O) groups is 2. The van der Waals surface area contributed by atoms with Crippen LogP contribution in [0.15, 0.2) is 30.9 Å². The number of halogens is 1. The lowest BCUT2D eigenvalue weighted by atomic mass is 10.2. The van der Waals surface area contributed by atoms with Crippen LogP contribution < -0.4 is 5.32 Å². The third kappa shape index (κ3) is 5.35. The van der Waals surface area contributed by atoms with Crippen molar-refractivity contribution in [3.63, 3.8) is 0 Å². The average molecular weight is 404 g/mol. The molecule has 1 aromatic carbocycles. The summed E-state index contributed by atoms with van der Waals surface area (Å²) in [7, 11) is 1.55. The van der Waals surface area contributed by atoms with Gasteiger partial charge in [0.15, 0.2) is 0 Å². The molecular weight excluding hydrogens is 387 g/mol. The number of anilines is 1. The molecule has 7 heteroatoms. The summed E-state index contributed by atoms with van der Waals surface area (Å²) in [6.07, 6.45) is 1.60. The molecule has 0 aliphatic heterocycles. The van der Waals surface area contributed by atoms with Gasteiger partial charge in [-0.25, -0.2) is 9.59 Å². The zero-order valence-corrected chi connectivity index (χ0v) is 13.8. The minimum Gasteiger partial charge on any atom is -0.478 e. The van der Waals surface area contributed by atoms with Crippen LogP contribution in [0.5, 0.6) is 0 Å². The van der Waals surface area contributed by atoms with Crippen molar-refractivity contribution in [2.75, 3.05) is 32.1 Å². The quantitative estimate of drug-likeness (QED) is 0.541. The van der Waals surface area contributed by atoms with Crippen LogP contribution in [0.2, 0.25) is 0 Å². The highest BCUT2D eigenvalue weighted by Gasteiger charge is 2.16. The fourth-order valence-corrected chi connectivity index (χ4v) is 2.12. The summed E-state index contributed by atoms with van der Waals surface area (Å²) in [5.74, 6) is -1.09. The summed E-state index contributed by atoms with van der Waals surface area (Å²) >= 11 is 2.02. The maximum atomic E-state index is 12.2. The second kappa shape index (κ2) is 8.63. The molecule has 0 fully saturated rings. The molecule has 0 aliphatic carbocycles. The van der Waals surface area contributed by atoms with Crippen LogP contribution in [0.3, 0.4) is 0 Å². The minimum atomic E-state index is -1.09. The summed E-state index contributed by atoms with van der Waals surface area (Å²) in [5, 5.41) is 11.8. The van der Waals surface area contributed by atoms with E-state index in [4.69, 9.17) is 4.74 Å². The molecule has 0 atom stereocenters. The monoisotopic (exact) mass is 404 g/mol. The molecule has 2 amide bonds. The van der Waals surface area contributed by atoms with Crippen molar-refractivity contribution in [1.29, 1.82) is 0 Å². The number of carbonyl (C=O) groups excluding carboxylic acids is 1. The van der Waals surface area contributed by atoms with Crippen molar-refractivity contribution in [3.8, 4) is 0 Å². The molecule has 1 aromatic rings. The van der Waals surface area contributed by atoms with Crippen LogP contribution in [-0.4, -0.2) is 48.8 Å². The van der Waals surface area contributed by atoms with Crippen LogP contribution in [-0.2, 0) is 4.74 Å². The number of rotatable bonds is 7. The Morgan fingerprint density at radius 3 is 2.81 bits per heavy atom. The van der Waals surface area contributed by atoms with E-state index < -0.39 is 12.0 Å². The maximum Gasteiger partial charge on any atom is 0.337 e. The number of hydrogen-bond acceptors (Lipinski definition) is 3. The van der Waals surface area contributed by atoms with Crippen LogP contribution in [0, 0.1) is 3.57 Å². The minimum absolute atomic E-state index is 0.0561. The molecule has 0 saturated heterocycles. The van der Waals surface area contributed by atoms with Gasteiger partial charge in [-0.15, -0.1) is 6.58 Å².